The maximum atomic E-state index is 12.2. The highest BCUT2D eigenvalue weighted by Crippen LogP contribution is 2.25. The molecule has 12 heteroatoms. The molecule has 146 valence electrons. The first-order chi connectivity index (χ1) is 13.0. The van der Waals surface area contributed by atoms with E-state index in [1.807, 2.05) is 0 Å². The molecule has 0 bridgehead atoms. The molecule has 0 fully saturated rings. The van der Waals surface area contributed by atoms with Gasteiger partial charge in [-0.2, -0.15) is 5.26 Å². The smallest absolute Gasteiger partial charge is 0.338 e. The first kappa shape index (κ1) is 21.1. The van der Waals surface area contributed by atoms with Crippen molar-refractivity contribution in [3.05, 3.63) is 50.0 Å². The second-order valence-corrected chi connectivity index (χ2v) is 8.52. The summed E-state index contributed by atoms with van der Waals surface area (Å²) in [5.41, 5.74) is -0.440. The van der Waals surface area contributed by atoms with Gasteiger partial charge in [-0.05, 0) is 19.1 Å². The van der Waals surface area contributed by atoms with Gasteiger partial charge in [-0.1, -0.05) is 0 Å². The number of hydrogen-bond donors (Lipinski definition) is 0. The SMILES string of the molecule is Cc1csc([C@@H](C#N)C(=O)COC(=O)c2ccc(S(C)(=O)=O)c([N+](=O)[O-])c2)n1. The van der Waals surface area contributed by atoms with Gasteiger partial charge in [0, 0.05) is 23.4 Å². The number of Topliss-reactive ketones (excluding diaryl/α,β-unsaturated/α-hetero) is 1. The molecule has 0 amide bonds. The van der Waals surface area contributed by atoms with Crippen molar-refractivity contribution in [1.29, 1.82) is 5.26 Å². The minimum Gasteiger partial charge on any atom is -0.454 e. The average molecular weight is 423 g/mol. The molecule has 2 rings (SSSR count). The van der Waals surface area contributed by atoms with Crippen LogP contribution in [0.15, 0.2) is 28.5 Å². The Bertz CT molecular complexity index is 1100. The molecular formula is C16H13N3O7S2. The Morgan fingerprint density at radius 3 is 2.61 bits per heavy atom. The molecule has 1 atom stereocenters. The highest BCUT2D eigenvalue weighted by Gasteiger charge is 2.27. The van der Waals surface area contributed by atoms with Crippen LogP contribution >= 0.6 is 11.3 Å². The number of ether oxygens (including phenoxy) is 1. The van der Waals surface area contributed by atoms with Gasteiger partial charge in [0.05, 0.1) is 16.6 Å². The van der Waals surface area contributed by atoms with E-state index < -0.39 is 49.6 Å². The first-order valence-corrected chi connectivity index (χ1v) is 10.3. The van der Waals surface area contributed by atoms with Crippen LogP contribution in [0.2, 0.25) is 0 Å². The van der Waals surface area contributed by atoms with Crippen molar-refractivity contribution in [2.24, 2.45) is 0 Å². The summed E-state index contributed by atoms with van der Waals surface area (Å²) in [6, 6.07) is 4.52. The standard InChI is InChI=1S/C16H13N3O7S2/c1-9-8-27-15(18-9)11(6-17)13(20)7-26-16(21)10-3-4-14(28(2,24)25)12(5-10)19(22)23/h3-5,8,11H,7H2,1-2H3/t11-/m0/s1. The molecular weight excluding hydrogens is 410 g/mol. The number of carbonyl (C=O) groups excluding carboxylic acids is 2. The van der Waals surface area contributed by atoms with Crippen molar-refractivity contribution in [2.75, 3.05) is 12.9 Å². The number of carbonyl (C=O) groups is 2. The van der Waals surface area contributed by atoms with Gasteiger partial charge in [-0.25, -0.2) is 18.2 Å². The molecule has 1 heterocycles. The molecule has 0 spiro atoms. The van der Waals surface area contributed by atoms with Crippen LogP contribution in [0.3, 0.4) is 0 Å². The van der Waals surface area contributed by atoms with E-state index in [4.69, 9.17) is 10.00 Å². The van der Waals surface area contributed by atoms with E-state index >= 15 is 0 Å². The van der Waals surface area contributed by atoms with Crippen LogP contribution in [0, 0.1) is 28.4 Å². The molecule has 2 aromatic rings. The highest BCUT2D eigenvalue weighted by atomic mass is 32.2. The lowest BCUT2D eigenvalue weighted by Gasteiger charge is -2.08. The number of esters is 1. The molecule has 1 aromatic carbocycles. The van der Waals surface area contributed by atoms with Crippen molar-refractivity contribution in [3.8, 4) is 6.07 Å². The van der Waals surface area contributed by atoms with Crippen LogP contribution in [0.5, 0.6) is 0 Å². The number of hydrogen-bond acceptors (Lipinski definition) is 10. The number of thiazole rings is 1. The Morgan fingerprint density at radius 2 is 2.11 bits per heavy atom. The summed E-state index contributed by atoms with van der Waals surface area (Å²) in [7, 11) is -3.88. The number of sulfone groups is 1. The fourth-order valence-corrected chi connectivity index (χ4v) is 3.86. The Balaban J connectivity index is 2.17. The van der Waals surface area contributed by atoms with E-state index in [9.17, 15) is 28.1 Å². The number of nitriles is 1. The van der Waals surface area contributed by atoms with E-state index in [-0.39, 0.29) is 10.6 Å². The monoisotopic (exact) mass is 423 g/mol. The number of nitro benzene ring substituents is 1. The molecule has 0 saturated carbocycles. The molecule has 0 saturated heterocycles. The number of aromatic nitrogens is 1. The third-order valence-corrected chi connectivity index (χ3v) is 5.64. The minimum absolute atomic E-state index is 0.272. The van der Waals surface area contributed by atoms with Crippen molar-refractivity contribution < 1.29 is 27.7 Å². The predicted molar refractivity (Wildman–Crippen MR) is 96.7 cm³/mol. The van der Waals surface area contributed by atoms with Crippen LogP contribution in [-0.4, -0.2) is 42.9 Å². The number of rotatable bonds is 7. The molecule has 0 aliphatic heterocycles. The summed E-state index contributed by atoms with van der Waals surface area (Å²) in [4.78, 5) is 37.9. The second kappa shape index (κ2) is 8.24. The van der Waals surface area contributed by atoms with Crippen molar-refractivity contribution >= 4 is 38.6 Å². The Labute approximate surface area is 163 Å². The van der Waals surface area contributed by atoms with Crippen molar-refractivity contribution in [3.63, 3.8) is 0 Å². The number of benzene rings is 1. The maximum absolute atomic E-state index is 12.2. The van der Waals surface area contributed by atoms with Crippen LogP contribution in [0.4, 0.5) is 5.69 Å². The largest absolute Gasteiger partial charge is 0.454 e. The summed E-state index contributed by atoms with van der Waals surface area (Å²) in [6.45, 7) is 0.962. The van der Waals surface area contributed by atoms with Gasteiger partial charge in [0.15, 0.2) is 28.1 Å². The van der Waals surface area contributed by atoms with Crippen molar-refractivity contribution in [1.82, 2.24) is 4.98 Å². The zero-order chi connectivity index (χ0) is 21.1. The van der Waals surface area contributed by atoms with Gasteiger partial charge in [0.25, 0.3) is 5.69 Å². The average Bonchev–Trinajstić information content (AvgIpc) is 3.04. The molecule has 0 N–H and O–H groups in total. The molecule has 0 radical (unpaired) electrons. The van der Waals surface area contributed by atoms with Crippen molar-refractivity contribution in [2.45, 2.75) is 17.7 Å². The van der Waals surface area contributed by atoms with E-state index in [1.54, 1.807) is 18.4 Å². The molecule has 1 aromatic heterocycles. The lowest BCUT2D eigenvalue weighted by Crippen LogP contribution is -2.20. The Hall–Kier alpha value is -3.17. The van der Waals surface area contributed by atoms with E-state index in [1.165, 1.54) is 0 Å². The summed E-state index contributed by atoms with van der Waals surface area (Å²) in [6.07, 6.45) is 0.800. The normalized spacial score (nSPS) is 12.0. The molecule has 28 heavy (non-hydrogen) atoms. The fraction of sp³-hybridized carbons (Fsp3) is 0.250. The number of ketones is 1. The summed E-state index contributed by atoms with van der Waals surface area (Å²) < 4.78 is 28.0. The molecule has 0 aliphatic carbocycles. The first-order valence-electron chi connectivity index (χ1n) is 7.54. The summed E-state index contributed by atoms with van der Waals surface area (Å²) in [5.74, 6) is -2.97. The number of nitro groups is 1. The topological polar surface area (TPSA) is 157 Å². The fourth-order valence-electron chi connectivity index (χ4n) is 2.17. The maximum Gasteiger partial charge on any atom is 0.338 e. The molecule has 0 aliphatic rings. The zero-order valence-electron chi connectivity index (χ0n) is 14.6. The summed E-state index contributed by atoms with van der Waals surface area (Å²) in [5, 5.41) is 22.2. The van der Waals surface area contributed by atoms with Crippen LogP contribution in [-0.2, 0) is 19.4 Å². The third kappa shape index (κ3) is 4.76. The van der Waals surface area contributed by atoms with Gasteiger partial charge < -0.3 is 4.74 Å². The lowest BCUT2D eigenvalue weighted by atomic mass is 10.1. The van der Waals surface area contributed by atoms with Gasteiger partial charge in [-0.3, -0.25) is 14.9 Å². The predicted octanol–water partition coefficient (Wildman–Crippen LogP) is 1.80. The number of aryl methyl sites for hydroxylation is 1. The van der Waals surface area contributed by atoms with E-state index in [2.05, 4.69) is 4.98 Å². The van der Waals surface area contributed by atoms with Crippen LogP contribution in [0.25, 0.3) is 0 Å². The van der Waals surface area contributed by atoms with Crippen LogP contribution in [0.1, 0.15) is 27.0 Å². The minimum atomic E-state index is -3.88. The summed E-state index contributed by atoms with van der Waals surface area (Å²) >= 11 is 1.12. The highest BCUT2D eigenvalue weighted by molar-refractivity contribution is 7.90. The zero-order valence-corrected chi connectivity index (χ0v) is 16.2. The molecule has 0 unspecified atom stereocenters. The van der Waals surface area contributed by atoms with Gasteiger partial charge in [0.2, 0.25) is 0 Å². The quantitative estimate of drug-likeness (QED) is 0.368. The Morgan fingerprint density at radius 1 is 1.43 bits per heavy atom. The third-order valence-electron chi connectivity index (χ3n) is 3.47. The Kier molecular flexibility index (Phi) is 6.22. The van der Waals surface area contributed by atoms with Gasteiger partial charge in [-0.15, -0.1) is 11.3 Å². The molecule has 10 nitrogen and oxygen atoms in total. The van der Waals surface area contributed by atoms with Crippen LogP contribution < -0.4 is 0 Å². The second-order valence-electron chi connectivity index (χ2n) is 5.64. The van der Waals surface area contributed by atoms with Gasteiger partial charge in [0.1, 0.15) is 9.90 Å². The van der Waals surface area contributed by atoms with E-state index in [0.717, 1.165) is 35.8 Å². The lowest BCUT2D eigenvalue weighted by molar-refractivity contribution is -0.387. The number of nitrogens with zero attached hydrogens (tertiary/aromatic N) is 3. The van der Waals surface area contributed by atoms with Gasteiger partial charge >= 0.3 is 5.97 Å². The van der Waals surface area contributed by atoms with E-state index in [0.29, 0.717) is 5.69 Å².